The van der Waals surface area contributed by atoms with Gasteiger partial charge in [-0.1, -0.05) is 13.8 Å². The van der Waals surface area contributed by atoms with Crippen molar-refractivity contribution < 1.29 is 13.2 Å². The lowest BCUT2D eigenvalue weighted by atomic mass is 9.84. The van der Waals surface area contributed by atoms with Crippen molar-refractivity contribution in [3.05, 3.63) is 0 Å². The van der Waals surface area contributed by atoms with Gasteiger partial charge in [0.15, 0.2) is 9.84 Å². The van der Waals surface area contributed by atoms with Crippen LogP contribution in [0.4, 0.5) is 0 Å². The second kappa shape index (κ2) is 7.85. The monoisotopic (exact) mass is 290 g/mol. The Morgan fingerprint density at radius 1 is 1.37 bits per heavy atom. The molecule has 1 heterocycles. The number of hydrogen-bond donors (Lipinski definition) is 2. The summed E-state index contributed by atoms with van der Waals surface area (Å²) in [5.41, 5.74) is 0. The molecule has 1 aliphatic heterocycles. The first-order valence-electron chi connectivity index (χ1n) is 7.12. The minimum Gasteiger partial charge on any atom is -0.355 e. The van der Waals surface area contributed by atoms with Crippen molar-refractivity contribution >= 4 is 15.7 Å². The highest BCUT2D eigenvalue weighted by Crippen LogP contribution is 2.23. The molecule has 0 spiro atoms. The highest BCUT2D eigenvalue weighted by atomic mass is 32.2. The van der Waals surface area contributed by atoms with Crippen LogP contribution in [-0.4, -0.2) is 45.5 Å². The zero-order chi connectivity index (χ0) is 14.3. The van der Waals surface area contributed by atoms with Crippen LogP contribution >= 0.6 is 0 Å². The van der Waals surface area contributed by atoms with Crippen LogP contribution in [0.25, 0.3) is 0 Å². The number of sulfone groups is 1. The number of nitrogens with one attached hydrogen (secondary N) is 2. The molecule has 1 amide bonds. The average Bonchev–Trinajstić information content (AvgIpc) is 2.39. The molecule has 6 heteroatoms. The Balaban J connectivity index is 2.23. The number of carbonyl (C=O) groups excluding carboxylic acids is 1. The molecule has 2 N–H and O–H groups in total. The van der Waals surface area contributed by atoms with Crippen LogP contribution in [0.2, 0.25) is 0 Å². The van der Waals surface area contributed by atoms with Crippen molar-refractivity contribution in [3.63, 3.8) is 0 Å². The second-order valence-corrected chi connectivity index (χ2v) is 7.83. The Kier molecular flexibility index (Phi) is 6.79. The topological polar surface area (TPSA) is 75.3 Å². The van der Waals surface area contributed by atoms with Crippen molar-refractivity contribution in [2.75, 3.05) is 31.1 Å². The molecular weight excluding hydrogens is 264 g/mol. The standard InChI is InChI=1S/C13H26N2O3S/c1-3-19(17,18)9-8-15-13(16)10-11(2)12-4-6-14-7-5-12/h11-12,14H,3-10H2,1-2H3,(H,15,16). The molecule has 0 aliphatic carbocycles. The van der Waals surface area contributed by atoms with Gasteiger partial charge in [0.1, 0.15) is 0 Å². The zero-order valence-corrected chi connectivity index (χ0v) is 12.8. The summed E-state index contributed by atoms with van der Waals surface area (Å²) in [5.74, 6) is 1.11. The van der Waals surface area contributed by atoms with Crippen LogP contribution < -0.4 is 10.6 Å². The van der Waals surface area contributed by atoms with Crippen LogP contribution in [0.5, 0.6) is 0 Å². The number of rotatable bonds is 7. The first kappa shape index (κ1) is 16.4. The van der Waals surface area contributed by atoms with Gasteiger partial charge in [-0.15, -0.1) is 0 Å². The van der Waals surface area contributed by atoms with Crippen LogP contribution in [0.1, 0.15) is 33.1 Å². The average molecular weight is 290 g/mol. The molecule has 19 heavy (non-hydrogen) atoms. The van der Waals surface area contributed by atoms with Crippen LogP contribution in [0.15, 0.2) is 0 Å². The molecule has 1 rings (SSSR count). The fraction of sp³-hybridized carbons (Fsp3) is 0.923. The molecule has 112 valence electrons. The number of carbonyl (C=O) groups is 1. The van der Waals surface area contributed by atoms with E-state index in [1.54, 1.807) is 6.92 Å². The Morgan fingerprint density at radius 3 is 2.58 bits per heavy atom. The van der Waals surface area contributed by atoms with Crippen molar-refractivity contribution in [1.29, 1.82) is 0 Å². The third-order valence-electron chi connectivity index (χ3n) is 3.87. The van der Waals surface area contributed by atoms with E-state index >= 15 is 0 Å². The Morgan fingerprint density at radius 2 is 2.00 bits per heavy atom. The third-order valence-corrected chi connectivity index (χ3v) is 5.58. The molecular formula is C13H26N2O3S. The molecule has 1 fully saturated rings. The van der Waals surface area contributed by atoms with E-state index in [0.29, 0.717) is 18.3 Å². The fourth-order valence-electron chi connectivity index (χ4n) is 2.43. The maximum absolute atomic E-state index is 11.7. The summed E-state index contributed by atoms with van der Waals surface area (Å²) in [4.78, 5) is 11.7. The maximum atomic E-state index is 11.7. The first-order chi connectivity index (χ1) is 8.94. The predicted molar refractivity (Wildman–Crippen MR) is 76.7 cm³/mol. The van der Waals surface area contributed by atoms with Crippen LogP contribution in [0.3, 0.4) is 0 Å². The van der Waals surface area contributed by atoms with Gasteiger partial charge in [-0.25, -0.2) is 8.42 Å². The lowest BCUT2D eigenvalue weighted by molar-refractivity contribution is -0.122. The van der Waals surface area contributed by atoms with E-state index in [2.05, 4.69) is 17.6 Å². The Hall–Kier alpha value is -0.620. The Labute approximate surface area is 116 Å². The molecule has 5 nitrogen and oxygen atoms in total. The van der Waals surface area contributed by atoms with Gasteiger partial charge in [-0.05, 0) is 37.8 Å². The highest BCUT2D eigenvalue weighted by molar-refractivity contribution is 7.91. The molecule has 0 radical (unpaired) electrons. The lowest BCUT2D eigenvalue weighted by Crippen LogP contribution is -2.34. The molecule has 1 aliphatic rings. The van der Waals surface area contributed by atoms with Gasteiger partial charge in [-0.2, -0.15) is 0 Å². The SMILES string of the molecule is CCS(=O)(=O)CCNC(=O)CC(C)C1CCNCC1. The van der Waals surface area contributed by atoms with Gasteiger partial charge in [-0.3, -0.25) is 4.79 Å². The van der Waals surface area contributed by atoms with Crippen molar-refractivity contribution in [2.45, 2.75) is 33.1 Å². The molecule has 0 aromatic heterocycles. The molecule has 1 atom stereocenters. The van der Waals surface area contributed by atoms with E-state index in [9.17, 15) is 13.2 Å². The highest BCUT2D eigenvalue weighted by Gasteiger charge is 2.21. The number of piperidine rings is 1. The maximum Gasteiger partial charge on any atom is 0.220 e. The summed E-state index contributed by atoms with van der Waals surface area (Å²) in [6.07, 6.45) is 2.74. The van der Waals surface area contributed by atoms with Gasteiger partial charge >= 0.3 is 0 Å². The second-order valence-electron chi connectivity index (χ2n) is 5.36. The van der Waals surface area contributed by atoms with Gasteiger partial charge in [0.05, 0.1) is 5.75 Å². The molecule has 0 aromatic rings. The molecule has 0 aromatic carbocycles. The molecule has 1 saturated heterocycles. The van der Waals surface area contributed by atoms with Crippen molar-refractivity contribution in [3.8, 4) is 0 Å². The molecule has 0 saturated carbocycles. The smallest absolute Gasteiger partial charge is 0.220 e. The quantitative estimate of drug-likeness (QED) is 0.718. The summed E-state index contributed by atoms with van der Waals surface area (Å²) in [5, 5.41) is 6.02. The minimum atomic E-state index is -2.99. The van der Waals surface area contributed by atoms with Gasteiger partial charge < -0.3 is 10.6 Å². The summed E-state index contributed by atoms with van der Waals surface area (Å²) in [7, 11) is -2.99. The summed E-state index contributed by atoms with van der Waals surface area (Å²) < 4.78 is 22.6. The Bertz CT molecular complexity index is 375. The van der Waals surface area contributed by atoms with Crippen LogP contribution in [-0.2, 0) is 14.6 Å². The van der Waals surface area contributed by atoms with Crippen molar-refractivity contribution in [1.82, 2.24) is 10.6 Å². The summed E-state index contributed by atoms with van der Waals surface area (Å²) in [6, 6.07) is 0. The summed E-state index contributed by atoms with van der Waals surface area (Å²) >= 11 is 0. The molecule has 0 bridgehead atoms. The van der Waals surface area contributed by atoms with E-state index in [1.807, 2.05) is 0 Å². The summed E-state index contributed by atoms with van der Waals surface area (Å²) in [6.45, 7) is 6.03. The van der Waals surface area contributed by atoms with E-state index in [4.69, 9.17) is 0 Å². The van der Waals surface area contributed by atoms with E-state index < -0.39 is 9.84 Å². The predicted octanol–water partition coefficient (Wildman–Crippen LogP) is 0.563. The first-order valence-corrected chi connectivity index (χ1v) is 8.94. The normalized spacial score (nSPS) is 19.1. The minimum absolute atomic E-state index is 0.0302. The largest absolute Gasteiger partial charge is 0.355 e. The van der Waals surface area contributed by atoms with Crippen molar-refractivity contribution in [2.24, 2.45) is 11.8 Å². The van der Waals surface area contributed by atoms with Gasteiger partial charge in [0.25, 0.3) is 0 Å². The third kappa shape index (κ3) is 6.38. The number of amides is 1. The van der Waals surface area contributed by atoms with E-state index in [-0.39, 0.29) is 24.0 Å². The number of hydrogen-bond acceptors (Lipinski definition) is 4. The zero-order valence-electron chi connectivity index (χ0n) is 11.9. The fourth-order valence-corrected chi connectivity index (χ4v) is 3.14. The van der Waals surface area contributed by atoms with Gasteiger partial charge in [0.2, 0.25) is 5.91 Å². The van der Waals surface area contributed by atoms with Crippen LogP contribution in [0, 0.1) is 11.8 Å². The lowest BCUT2D eigenvalue weighted by Gasteiger charge is -2.27. The van der Waals surface area contributed by atoms with E-state index in [0.717, 1.165) is 25.9 Å². The van der Waals surface area contributed by atoms with Gasteiger partial charge in [0, 0.05) is 18.7 Å². The van der Waals surface area contributed by atoms with E-state index in [1.165, 1.54) is 0 Å². The molecule has 1 unspecified atom stereocenters.